The number of hydrogen-bond donors (Lipinski definition) is 1. The average Bonchev–Trinajstić information content (AvgIpc) is 3.14. The highest BCUT2D eigenvalue weighted by Crippen LogP contribution is 2.46. The molecule has 0 radical (unpaired) electrons. The van der Waals surface area contributed by atoms with Crippen molar-refractivity contribution in [2.45, 2.75) is 51.6 Å². The second-order valence-corrected chi connectivity index (χ2v) is 9.95. The van der Waals surface area contributed by atoms with Gasteiger partial charge in [0.1, 0.15) is 11.5 Å². The molecule has 0 aliphatic carbocycles. The number of rotatable bonds is 2. The van der Waals surface area contributed by atoms with Crippen LogP contribution in [0.5, 0.6) is 0 Å². The summed E-state index contributed by atoms with van der Waals surface area (Å²) in [5.41, 5.74) is 0.693. The predicted molar refractivity (Wildman–Crippen MR) is 132 cm³/mol. The molecule has 2 fully saturated rings. The Morgan fingerprint density at radius 1 is 1.03 bits per heavy atom. The Kier molecular flexibility index (Phi) is 5.17. The first-order valence-electron chi connectivity index (χ1n) is 12.4. The average molecular weight is 486 g/mol. The molecular weight excluding hydrogens is 458 g/mol. The van der Waals surface area contributed by atoms with Gasteiger partial charge in [-0.25, -0.2) is 9.78 Å². The number of urea groups is 1. The molecule has 0 saturated carbocycles. The van der Waals surface area contributed by atoms with Crippen LogP contribution in [0.2, 0.25) is 0 Å². The van der Waals surface area contributed by atoms with Gasteiger partial charge < -0.3 is 4.90 Å². The SMILES string of the molecule is Cc1cccn2c(=O)c3c(nc12)N1CCCCC[C@H]1[C@@]1(C3)C(=O)NC(=O)N(Cc2ccccc2)C1=O. The Balaban J connectivity index is 1.54. The number of carbonyl (C=O) groups is 3. The van der Waals surface area contributed by atoms with E-state index in [1.165, 1.54) is 4.40 Å². The van der Waals surface area contributed by atoms with E-state index in [9.17, 15) is 19.2 Å². The third-order valence-corrected chi connectivity index (χ3v) is 7.85. The van der Waals surface area contributed by atoms with Crippen molar-refractivity contribution >= 4 is 29.3 Å². The van der Waals surface area contributed by atoms with Gasteiger partial charge in [-0.2, -0.15) is 0 Å². The quantitative estimate of drug-likeness (QED) is 0.560. The topological polar surface area (TPSA) is 104 Å². The molecule has 3 aliphatic rings. The number of nitrogens with zero attached hydrogens (tertiary/aromatic N) is 4. The first-order chi connectivity index (χ1) is 17.4. The summed E-state index contributed by atoms with van der Waals surface area (Å²) in [7, 11) is 0. The molecule has 0 bridgehead atoms. The summed E-state index contributed by atoms with van der Waals surface area (Å²) < 4.78 is 1.48. The Labute approximate surface area is 207 Å². The van der Waals surface area contributed by atoms with Crippen molar-refractivity contribution in [3.05, 3.63) is 75.7 Å². The number of anilines is 1. The Morgan fingerprint density at radius 2 is 1.83 bits per heavy atom. The molecule has 9 heteroatoms. The van der Waals surface area contributed by atoms with Crippen LogP contribution in [0.3, 0.4) is 0 Å². The normalized spacial score (nSPS) is 23.9. The second-order valence-electron chi connectivity index (χ2n) is 9.95. The molecule has 3 aromatic rings. The number of fused-ring (bicyclic) bond motifs is 5. The molecule has 4 amide bonds. The molecular formula is C27H27N5O4. The Morgan fingerprint density at radius 3 is 2.64 bits per heavy atom. The van der Waals surface area contributed by atoms with Gasteiger partial charge in [-0.1, -0.05) is 49.2 Å². The monoisotopic (exact) mass is 485 g/mol. The Hall–Kier alpha value is -4.01. The number of carbonyl (C=O) groups excluding carboxylic acids is 3. The predicted octanol–water partition coefficient (Wildman–Crippen LogP) is 2.57. The summed E-state index contributed by atoms with van der Waals surface area (Å²) in [5.74, 6) is -0.617. The summed E-state index contributed by atoms with van der Waals surface area (Å²) in [6, 6.07) is 11.7. The Bertz CT molecular complexity index is 1470. The van der Waals surface area contributed by atoms with Crippen LogP contribution in [0.4, 0.5) is 10.6 Å². The first-order valence-corrected chi connectivity index (χ1v) is 12.4. The van der Waals surface area contributed by atoms with Gasteiger partial charge in [0, 0.05) is 19.2 Å². The maximum Gasteiger partial charge on any atom is 0.331 e. The molecule has 6 rings (SSSR count). The van der Waals surface area contributed by atoms with E-state index in [-0.39, 0.29) is 18.5 Å². The van der Waals surface area contributed by atoms with E-state index in [1.54, 1.807) is 12.3 Å². The lowest BCUT2D eigenvalue weighted by Gasteiger charge is -2.50. The highest BCUT2D eigenvalue weighted by Gasteiger charge is 2.62. The van der Waals surface area contributed by atoms with Gasteiger partial charge >= 0.3 is 6.03 Å². The number of barbiturate groups is 1. The van der Waals surface area contributed by atoms with Crippen LogP contribution in [-0.4, -0.2) is 44.7 Å². The number of nitrogens with one attached hydrogen (secondary N) is 1. The lowest BCUT2D eigenvalue weighted by atomic mass is 9.68. The minimum absolute atomic E-state index is 0.0499. The molecule has 5 heterocycles. The van der Waals surface area contributed by atoms with Crippen molar-refractivity contribution in [2.75, 3.05) is 11.4 Å². The maximum absolute atomic E-state index is 14.2. The van der Waals surface area contributed by atoms with E-state index in [4.69, 9.17) is 4.98 Å². The van der Waals surface area contributed by atoms with E-state index in [2.05, 4.69) is 5.32 Å². The summed E-state index contributed by atoms with van der Waals surface area (Å²) in [6.07, 6.45) is 4.83. The fourth-order valence-corrected chi connectivity index (χ4v) is 6.05. The zero-order valence-electron chi connectivity index (χ0n) is 20.1. The zero-order valence-corrected chi connectivity index (χ0v) is 20.1. The largest absolute Gasteiger partial charge is 0.352 e. The fourth-order valence-electron chi connectivity index (χ4n) is 6.05. The molecule has 2 saturated heterocycles. The van der Waals surface area contributed by atoms with Gasteiger partial charge in [-0.3, -0.25) is 29.0 Å². The van der Waals surface area contributed by atoms with Gasteiger partial charge in [0.2, 0.25) is 11.8 Å². The highest BCUT2D eigenvalue weighted by atomic mass is 16.2. The lowest BCUT2D eigenvalue weighted by Crippen LogP contribution is -2.72. The van der Waals surface area contributed by atoms with E-state index in [1.807, 2.05) is 48.2 Å². The summed E-state index contributed by atoms with van der Waals surface area (Å²) in [6.45, 7) is 2.54. The van der Waals surface area contributed by atoms with E-state index >= 15 is 0 Å². The molecule has 36 heavy (non-hydrogen) atoms. The number of amides is 4. The van der Waals surface area contributed by atoms with Gasteiger partial charge in [0.25, 0.3) is 5.56 Å². The smallest absolute Gasteiger partial charge is 0.331 e. The number of pyridine rings is 1. The number of hydrogen-bond acceptors (Lipinski definition) is 6. The molecule has 184 valence electrons. The summed E-state index contributed by atoms with van der Waals surface area (Å²) in [4.78, 5) is 62.5. The van der Waals surface area contributed by atoms with Crippen LogP contribution in [0, 0.1) is 12.3 Å². The van der Waals surface area contributed by atoms with Gasteiger partial charge in [0.05, 0.1) is 18.2 Å². The molecule has 9 nitrogen and oxygen atoms in total. The molecule has 3 aliphatic heterocycles. The second kappa shape index (κ2) is 8.29. The minimum atomic E-state index is -1.58. The van der Waals surface area contributed by atoms with Crippen LogP contribution < -0.4 is 15.8 Å². The minimum Gasteiger partial charge on any atom is -0.352 e. The van der Waals surface area contributed by atoms with Crippen LogP contribution in [0.1, 0.15) is 42.4 Å². The standard InChI is InChI=1S/C27H27N5O4/c1-17-9-8-14-31-21(17)28-22-19(23(31)33)15-27(20-12-6-3-7-13-30(20)22)24(34)29-26(36)32(25(27)35)16-18-10-4-2-5-11-18/h2,4-5,8-11,14,20H,3,6-7,12-13,15-16H2,1H3,(H,29,34,36)/t20-,27-/m0/s1. The van der Waals surface area contributed by atoms with E-state index in [0.29, 0.717) is 30.0 Å². The van der Waals surface area contributed by atoms with Crippen molar-refractivity contribution < 1.29 is 14.4 Å². The number of benzene rings is 1. The highest BCUT2D eigenvalue weighted by molar-refractivity contribution is 6.20. The zero-order chi connectivity index (χ0) is 25.0. The van der Waals surface area contributed by atoms with E-state index in [0.717, 1.165) is 35.3 Å². The van der Waals surface area contributed by atoms with Gasteiger partial charge in [-0.05, 0) is 37.0 Å². The summed E-state index contributed by atoms with van der Waals surface area (Å²) >= 11 is 0. The van der Waals surface area contributed by atoms with E-state index < -0.39 is 29.3 Å². The van der Waals surface area contributed by atoms with Crippen molar-refractivity contribution in [3.63, 3.8) is 0 Å². The van der Waals surface area contributed by atoms with Gasteiger partial charge in [0.15, 0.2) is 5.41 Å². The van der Waals surface area contributed by atoms with Gasteiger partial charge in [-0.15, -0.1) is 0 Å². The van der Waals surface area contributed by atoms with Crippen LogP contribution in [-0.2, 0) is 22.6 Å². The number of aryl methyl sites for hydroxylation is 1. The lowest BCUT2D eigenvalue weighted by molar-refractivity contribution is -0.154. The third kappa shape index (κ3) is 3.18. The van der Waals surface area contributed by atoms with Crippen LogP contribution >= 0.6 is 0 Å². The molecule has 1 spiro atoms. The number of imide groups is 2. The molecule has 1 aromatic carbocycles. The van der Waals surface area contributed by atoms with Crippen LogP contribution in [0.25, 0.3) is 5.65 Å². The number of aromatic nitrogens is 2. The van der Waals surface area contributed by atoms with Crippen LogP contribution in [0.15, 0.2) is 53.5 Å². The molecule has 2 atom stereocenters. The molecule has 2 aromatic heterocycles. The van der Waals surface area contributed by atoms with Crippen molar-refractivity contribution in [2.24, 2.45) is 5.41 Å². The van der Waals surface area contributed by atoms with Crippen molar-refractivity contribution in [1.29, 1.82) is 0 Å². The fraction of sp³-hybridized carbons (Fsp3) is 0.370. The maximum atomic E-state index is 14.2. The summed E-state index contributed by atoms with van der Waals surface area (Å²) in [5, 5.41) is 2.46. The first kappa shape index (κ1) is 22.5. The molecule has 1 N–H and O–H groups in total. The van der Waals surface area contributed by atoms with Crippen molar-refractivity contribution in [3.8, 4) is 0 Å². The molecule has 0 unspecified atom stereocenters. The third-order valence-electron chi connectivity index (χ3n) is 7.85. The van der Waals surface area contributed by atoms with Crippen molar-refractivity contribution in [1.82, 2.24) is 19.6 Å².